The van der Waals surface area contributed by atoms with Crippen LogP contribution in [-0.4, -0.2) is 5.11 Å². The summed E-state index contributed by atoms with van der Waals surface area (Å²) < 4.78 is 0. The molecule has 2 saturated carbocycles. The summed E-state index contributed by atoms with van der Waals surface area (Å²) in [7, 11) is 0. The molecule has 0 aromatic heterocycles. The lowest BCUT2D eigenvalue weighted by Gasteiger charge is -2.49. The van der Waals surface area contributed by atoms with Crippen LogP contribution < -0.4 is 0 Å². The van der Waals surface area contributed by atoms with Gasteiger partial charge in [0.2, 0.25) is 0 Å². The van der Waals surface area contributed by atoms with E-state index in [1.165, 1.54) is 11.1 Å². The van der Waals surface area contributed by atoms with Crippen LogP contribution >= 0.6 is 0 Å². The SMILES string of the molecule is C[C@]12CC[C@@H]3c4ccc(O)cc4CC[C@H]3[C@@H]1CCC2=C(C#N)C#N. The first kappa shape index (κ1) is 15.3. The fourth-order valence-electron chi connectivity index (χ4n) is 5.95. The quantitative estimate of drug-likeness (QED) is 0.711. The maximum Gasteiger partial charge on any atom is 0.129 e. The molecule has 122 valence electrons. The van der Waals surface area contributed by atoms with Gasteiger partial charge in [-0.25, -0.2) is 0 Å². The summed E-state index contributed by atoms with van der Waals surface area (Å²) in [5.41, 5.74) is 4.23. The highest BCUT2D eigenvalue weighted by atomic mass is 16.3. The smallest absolute Gasteiger partial charge is 0.129 e. The third-order valence-electron chi connectivity index (χ3n) is 7.02. The van der Waals surface area contributed by atoms with E-state index in [1.807, 2.05) is 12.1 Å². The first-order valence-corrected chi connectivity index (χ1v) is 8.94. The van der Waals surface area contributed by atoms with Crippen LogP contribution in [-0.2, 0) is 6.42 Å². The molecule has 0 saturated heterocycles. The van der Waals surface area contributed by atoms with E-state index in [-0.39, 0.29) is 5.41 Å². The fourth-order valence-corrected chi connectivity index (χ4v) is 5.95. The second-order valence-corrected chi connectivity index (χ2v) is 7.87. The number of aromatic hydroxyl groups is 1. The lowest BCUT2D eigenvalue weighted by Crippen LogP contribution is -2.40. The number of aryl methyl sites for hydroxylation is 1. The number of nitriles is 2. The molecule has 0 aliphatic heterocycles. The number of allylic oxidation sites excluding steroid dienone is 2. The Labute approximate surface area is 143 Å². The monoisotopic (exact) mass is 318 g/mol. The van der Waals surface area contributed by atoms with Gasteiger partial charge in [0, 0.05) is 0 Å². The molecule has 0 radical (unpaired) electrons. The first-order valence-electron chi connectivity index (χ1n) is 8.94. The van der Waals surface area contributed by atoms with Gasteiger partial charge in [0.05, 0.1) is 0 Å². The number of rotatable bonds is 0. The van der Waals surface area contributed by atoms with Gasteiger partial charge in [-0.15, -0.1) is 0 Å². The van der Waals surface area contributed by atoms with E-state index in [4.69, 9.17) is 0 Å². The van der Waals surface area contributed by atoms with Crippen molar-refractivity contribution in [3.63, 3.8) is 0 Å². The second-order valence-electron chi connectivity index (χ2n) is 7.87. The van der Waals surface area contributed by atoms with Crippen molar-refractivity contribution >= 4 is 0 Å². The lowest BCUT2D eigenvalue weighted by molar-refractivity contribution is 0.0812. The van der Waals surface area contributed by atoms with Crippen LogP contribution in [0.2, 0.25) is 0 Å². The molecule has 1 N–H and O–H groups in total. The normalized spacial score (nSPS) is 33.6. The van der Waals surface area contributed by atoms with Crippen LogP contribution in [0.4, 0.5) is 0 Å². The van der Waals surface area contributed by atoms with Gasteiger partial charge in [0.25, 0.3) is 0 Å². The molecule has 3 aliphatic carbocycles. The van der Waals surface area contributed by atoms with Crippen LogP contribution in [0, 0.1) is 39.9 Å². The average Bonchev–Trinajstić information content (AvgIpc) is 2.93. The zero-order valence-corrected chi connectivity index (χ0v) is 14.0. The van der Waals surface area contributed by atoms with E-state index >= 15 is 0 Å². The first-order chi connectivity index (χ1) is 11.6. The van der Waals surface area contributed by atoms with Crippen molar-refractivity contribution in [1.82, 2.24) is 0 Å². The van der Waals surface area contributed by atoms with Crippen molar-refractivity contribution in [2.75, 3.05) is 0 Å². The van der Waals surface area contributed by atoms with Crippen molar-refractivity contribution in [3.8, 4) is 17.9 Å². The Morgan fingerprint density at radius 3 is 2.71 bits per heavy atom. The number of hydrogen-bond acceptors (Lipinski definition) is 3. The van der Waals surface area contributed by atoms with Gasteiger partial charge >= 0.3 is 0 Å². The molecule has 1 aromatic carbocycles. The average molecular weight is 318 g/mol. The van der Waals surface area contributed by atoms with E-state index in [0.29, 0.717) is 29.1 Å². The number of phenolic OH excluding ortho intramolecular Hbond substituents is 1. The standard InChI is InChI=1S/C21H22N2O/c1-21-9-8-17-16-5-3-15(24)10-13(16)2-4-18(17)20(21)7-6-19(21)14(11-22)12-23/h3,5,10,17-18,20,24H,2,4,6-9H2,1H3/t17-,18-,20+,21-/m1/s1. The molecule has 3 nitrogen and oxygen atoms in total. The van der Waals surface area contributed by atoms with Gasteiger partial charge < -0.3 is 5.11 Å². The molecule has 4 atom stereocenters. The van der Waals surface area contributed by atoms with Crippen LogP contribution in [0.25, 0.3) is 0 Å². The number of hydrogen-bond donors (Lipinski definition) is 1. The lowest BCUT2D eigenvalue weighted by atomic mass is 9.55. The predicted molar refractivity (Wildman–Crippen MR) is 91.0 cm³/mol. The molecular weight excluding hydrogens is 296 g/mol. The molecule has 1 aromatic rings. The summed E-state index contributed by atoms with van der Waals surface area (Å²) in [6, 6.07) is 10.1. The summed E-state index contributed by atoms with van der Waals surface area (Å²) in [4.78, 5) is 0. The van der Waals surface area contributed by atoms with Gasteiger partial charge in [-0.05, 0) is 90.5 Å². The van der Waals surface area contributed by atoms with Crippen LogP contribution in [0.5, 0.6) is 5.75 Å². The fraction of sp³-hybridized carbons (Fsp3) is 0.524. The van der Waals surface area contributed by atoms with Gasteiger partial charge in [-0.1, -0.05) is 13.0 Å². The van der Waals surface area contributed by atoms with Crippen LogP contribution in [0.15, 0.2) is 29.3 Å². The number of phenols is 1. The zero-order valence-electron chi connectivity index (χ0n) is 14.0. The summed E-state index contributed by atoms with van der Waals surface area (Å²) in [5.74, 6) is 2.15. The highest BCUT2D eigenvalue weighted by Crippen LogP contribution is 2.63. The minimum absolute atomic E-state index is 0.0242. The van der Waals surface area contributed by atoms with E-state index < -0.39 is 0 Å². The maximum absolute atomic E-state index is 9.76. The van der Waals surface area contributed by atoms with Crippen molar-refractivity contribution in [2.45, 2.75) is 51.4 Å². The molecule has 4 rings (SSSR count). The van der Waals surface area contributed by atoms with E-state index in [0.717, 1.165) is 44.1 Å². The van der Waals surface area contributed by atoms with Crippen molar-refractivity contribution in [2.24, 2.45) is 17.3 Å². The summed E-state index contributed by atoms with van der Waals surface area (Å²) >= 11 is 0. The molecule has 24 heavy (non-hydrogen) atoms. The Balaban J connectivity index is 1.73. The molecule has 0 bridgehead atoms. The van der Waals surface area contributed by atoms with E-state index in [1.54, 1.807) is 0 Å². The number of nitrogens with zero attached hydrogens (tertiary/aromatic N) is 2. The van der Waals surface area contributed by atoms with Gasteiger partial charge in [0.1, 0.15) is 23.5 Å². The van der Waals surface area contributed by atoms with Crippen LogP contribution in [0.3, 0.4) is 0 Å². The third-order valence-corrected chi connectivity index (χ3v) is 7.02. The van der Waals surface area contributed by atoms with Gasteiger partial charge in [-0.2, -0.15) is 10.5 Å². The zero-order chi connectivity index (χ0) is 16.9. The topological polar surface area (TPSA) is 67.8 Å². The molecule has 0 unspecified atom stereocenters. The molecule has 2 fully saturated rings. The largest absolute Gasteiger partial charge is 0.508 e. The van der Waals surface area contributed by atoms with Gasteiger partial charge in [-0.3, -0.25) is 0 Å². The third kappa shape index (κ3) is 2.01. The predicted octanol–water partition coefficient (Wildman–Crippen LogP) is 4.59. The number of benzene rings is 1. The summed E-state index contributed by atoms with van der Waals surface area (Å²) in [6.07, 6.45) is 6.37. The minimum atomic E-state index is 0.0242. The molecule has 0 amide bonds. The molecular formula is C21H22N2O. The van der Waals surface area contributed by atoms with Crippen molar-refractivity contribution < 1.29 is 5.11 Å². The molecule has 3 heteroatoms. The van der Waals surface area contributed by atoms with E-state index in [9.17, 15) is 15.6 Å². The van der Waals surface area contributed by atoms with Crippen molar-refractivity contribution in [1.29, 1.82) is 10.5 Å². The number of fused-ring (bicyclic) bond motifs is 5. The minimum Gasteiger partial charge on any atom is -0.508 e. The highest BCUT2D eigenvalue weighted by molar-refractivity contribution is 5.46. The molecule has 0 spiro atoms. The van der Waals surface area contributed by atoms with Crippen molar-refractivity contribution in [3.05, 3.63) is 40.5 Å². The van der Waals surface area contributed by atoms with Gasteiger partial charge in [0.15, 0.2) is 0 Å². The van der Waals surface area contributed by atoms with E-state index in [2.05, 4.69) is 25.1 Å². The molecule has 0 heterocycles. The summed E-state index contributed by atoms with van der Waals surface area (Å²) in [6.45, 7) is 2.29. The Bertz CT molecular complexity index is 794. The van der Waals surface area contributed by atoms with Crippen LogP contribution in [0.1, 0.15) is 56.1 Å². The Kier molecular flexibility index (Phi) is 3.43. The Morgan fingerprint density at radius 1 is 1.17 bits per heavy atom. The Morgan fingerprint density at radius 2 is 1.96 bits per heavy atom. The second kappa shape index (κ2) is 5.38. The highest BCUT2D eigenvalue weighted by Gasteiger charge is 2.53. The Hall–Kier alpha value is -2.26. The summed E-state index contributed by atoms with van der Waals surface area (Å²) in [5, 5.41) is 28.4. The maximum atomic E-state index is 9.76. The molecule has 3 aliphatic rings.